The molecular weight excluding hydrogens is 1670 g/mol. The third kappa shape index (κ3) is 12.5. The van der Waals surface area contributed by atoms with E-state index in [1.54, 1.807) is 0 Å². The minimum absolute atomic E-state index is 0.574. The van der Waals surface area contributed by atoms with Gasteiger partial charge in [0.05, 0.1) is 55.0 Å². The van der Waals surface area contributed by atoms with Crippen LogP contribution in [0.15, 0.2) is 534 Å². The third-order valence-corrected chi connectivity index (χ3v) is 29.6. The number of benzene rings is 22. The van der Waals surface area contributed by atoms with Gasteiger partial charge < -0.3 is 18.3 Å². The van der Waals surface area contributed by atoms with Gasteiger partial charge in [0, 0.05) is 71.4 Å². The van der Waals surface area contributed by atoms with Crippen LogP contribution >= 0.6 is 0 Å². The standard InChI is InChI=1S/2C67H44N2/c1-5-18-45(19-6-1)47-32-36-53(37-33-47)68-62-31-16-14-29-56(62)59-43-49(34-40-63(59)68)50-35-41-64-60(44-50)58-39-38-57-55-28-13-15-30-61(55)67(51-23-9-3-10-24-51,52-25-11-4-12-26-52)65(57)66(58)69(64)54-27-17-22-48(42-54)46-20-7-2-8-21-46;1-5-18-45(19-6-1)47-32-36-53(37-33-47)68-61-31-16-14-29-56(61)58-43-49(34-39-62(58)68)50-35-40-63-59(44-50)65-64(69(63)54-27-17-22-48(42-54)46-20-7-2-8-21-46)41-38-57-55-28-13-15-30-60(55)67(66(57)65,51-23-9-3-10-24-51)52-25-11-4-12-26-52/h2*1-44H. The summed E-state index contributed by atoms with van der Waals surface area (Å²) in [6.45, 7) is 0. The number of nitrogens with zero attached hydrogens (tertiary/aromatic N) is 4. The normalized spacial score (nSPS) is 12.8. The van der Waals surface area contributed by atoms with E-state index >= 15 is 0 Å². The fourth-order valence-electron chi connectivity index (χ4n) is 23.6. The highest BCUT2D eigenvalue weighted by Crippen LogP contribution is 2.62. The van der Waals surface area contributed by atoms with Gasteiger partial charge in [-0.15, -0.1) is 0 Å². The summed E-state index contributed by atoms with van der Waals surface area (Å²) in [5.74, 6) is 0. The minimum atomic E-state index is -0.582. The monoisotopic (exact) mass is 1750 g/mol. The second-order valence-electron chi connectivity index (χ2n) is 36.8. The Balaban J connectivity index is 0.000000139. The summed E-state index contributed by atoms with van der Waals surface area (Å²) < 4.78 is 9.89. The van der Waals surface area contributed by atoms with Crippen molar-refractivity contribution in [2.45, 2.75) is 10.8 Å². The molecule has 28 rings (SSSR count). The maximum atomic E-state index is 2.56. The predicted molar refractivity (Wildman–Crippen MR) is 577 cm³/mol. The average Bonchev–Trinajstić information content (AvgIpc) is 1.51. The Morgan fingerprint density at radius 2 is 0.413 bits per heavy atom. The molecule has 0 N–H and O–H groups in total. The topological polar surface area (TPSA) is 19.7 Å². The molecule has 0 amide bonds. The van der Waals surface area contributed by atoms with Crippen LogP contribution in [0.4, 0.5) is 0 Å². The van der Waals surface area contributed by atoms with Crippen LogP contribution < -0.4 is 0 Å². The smallest absolute Gasteiger partial charge is 0.0734 e. The van der Waals surface area contributed by atoms with E-state index in [-0.39, 0.29) is 0 Å². The van der Waals surface area contributed by atoms with E-state index in [0.717, 1.165) is 22.7 Å². The Labute approximate surface area is 800 Å². The molecule has 0 unspecified atom stereocenters. The maximum absolute atomic E-state index is 2.56. The van der Waals surface area contributed by atoms with Gasteiger partial charge in [-0.3, -0.25) is 0 Å². The molecule has 4 heteroatoms. The van der Waals surface area contributed by atoms with Gasteiger partial charge in [-0.1, -0.05) is 419 Å². The molecule has 138 heavy (non-hydrogen) atoms. The highest BCUT2D eigenvalue weighted by molar-refractivity contribution is 6.19. The number of para-hydroxylation sites is 2. The Kier molecular flexibility index (Phi) is 18.8. The molecule has 0 saturated carbocycles. The summed E-state index contributed by atoms with van der Waals surface area (Å²) in [6, 6.07) is 197. The summed E-state index contributed by atoms with van der Waals surface area (Å²) in [5, 5.41) is 9.92. The van der Waals surface area contributed by atoms with Gasteiger partial charge >= 0.3 is 0 Å². The molecule has 0 fully saturated rings. The van der Waals surface area contributed by atoms with Crippen molar-refractivity contribution in [2.75, 3.05) is 0 Å². The van der Waals surface area contributed by atoms with Crippen molar-refractivity contribution in [3.05, 3.63) is 578 Å². The lowest BCUT2D eigenvalue weighted by Crippen LogP contribution is -2.29. The van der Waals surface area contributed by atoms with Crippen LogP contribution in [0.2, 0.25) is 0 Å². The lowest BCUT2D eigenvalue weighted by Gasteiger charge is -2.34. The van der Waals surface area contributed by atoms with Crippen molar-refractivity contribution in [3.63, 3.8) is 0 Å². The van der Waals surface area contributed by atoms with E-state index in [0.29, 0.717) is 0 Å². The molecule has 644 valence electrons. The summed E-state index contributed by atoms with van der Waals surface area (Å²) >= 11 is 0. The summed E-state index contributed by atoms with van der Waals surface area (Å²) in [6.07, 6.45) is 0. The highest BCUT2D eigenvalue weighted by Gasteiger charge is 2.50. The second-order valence-corrected chi connectivity index (χ2v) is 36.8. The average molecular weight is 1750 g/mol. The van der Waals surface area contributed by atoms with Gasteiger partial charge in [-0.2, -0.15) is 0 Å². The molecule has 0 spiro atoms. The van der Waals surface area contributed by atoms with Gasteiger partial charge in [0.2, 0.25) is 0 Å². The fourth-order valence-corrected chi connectivity index (χ4v) is 23.6. The van der Waals surface area contributed by atoms with Gasteiger partial charge in [-0.05, 0) is 243 Å². The first-order valence-corrected chi connectivity index (χ1v) is 47.8. The quantitative estimate of drug-likeness (QED) is 0.103. The molecule has 4 heterocycles. The van der Waals surface area contributed by atoms with Crippen molar-refractivity contribution < 1.29 is 0 Å². The van der Waals surface area contributed by atoms with Gasteiger partial charge in [0.1, 0.15) is 0 Å². The molecule has 0 bridgehead atoms. The largest absolute Gasteiger partial charge is 0.309 e. The lowest BCUT2D eigenvalue weighted by atomic mass is 9.67. The van der Waals surface area contributed by atoms with Crippen LogP contribution in [-0.4, -0.2) is 18.3 Å². The first-order valence-electron chi connectivity index (χ1n) is 47.8. The molecule has 26 aromatic rings. The number of hydrogen-bond acceptors (Lipinski definition) is 0. The molecule has 0 aliphatic heterocycles. The van der Waals surface area contributed by atoms with Gasteiger partial charge in [0.25, 0.3) is 0 Å². The second kappa shape index (κ2) is 32.5. The number of aromatic nitrogens is 4. The van der Waals surface area contributed by atoms with E-state index in [4.69, 9.17) is 0 Å². The van der Waals surface area contributed by atoms with Gasteiger partial charge in [0.15, 0.2) is 0 Å². The zero-order valence-corrected chi connectivity index (χ0v) is 75.6. The summed E-state index contributed by atoms with van der Waals surface area (Å²) in [7, 11) is 0. The molecule has 22 aromatic carbocycles. The van der Waals surface area contributed by atoms with E-state index in [9.17, 15) is 0 Å². The number of fused-ring (bicyclic) bond motifs is 20. The maximum Gasteiger partial charge on any atom is 0.0734 e. The SMILES string of the molecule is c1ccc(-c2ccc(-n3c4ccccc4c4cc(-c5ccc6c(c5)c5c7c(ccc5n6-c5cccc(-c6ccccc6)c5)-c5ccccc5C7(c5ccccc5)c5ccccc5)ccc43)cc2)cc1.c1ccc(-c2ccc(-n3c4ccccc4c4cc(-c5ccc6c(c5)c5ccc7c(c5n6-c5cccc(-c6ccccc6)c5)C(c5ccccc5)(c5ccccc5)c5ccccc5-7)ccc43)cc2)cc1. The molecule has 0 saturated heterocycles. The first kappa shape index (κ1) is 79.8. The zero-order chi connectivity index (χ0) is 90.9. The van der Waals surface area contributed by atoms with E-state index in [2.05, 4.69) is 552 Å². The van der Waals surface area contributed by atoms with Crippen molar-refractivity contribution in [1.82, 2.24) is 18.3 Å². The van der Waals surface area contributed by atoms with E-state index in [1.165, 1.54) is 221 Å². The molecule has 4 aromatic heterocycles. The fraction of sp³-hybridized carbons (Fsp3) is 0.0149. The summed E-state index contributed by atoms with van der Waals surface area (Å²) in [5.41, 5.74) is 42.7. The van der Waals surface area contributed by atoms with Crippen molar-refractivity contribution in [3.8, 4) is 112 Å². The highest BCUT2D eigenvalue weighted by atomic mass is 15.0. The zero-order valence-electron chi connectivity index (χ0n) is 75.6. The minimum Gasteiger partial charge on any atom is -0.309 e. The molecule has 2 aliphatic rings. The van der Waals surface area contributed by atoms with Crippen molar-refractivity contribution >= 4 is 87.2 Å². The van der Waals surface area contributed by atoms with Crippen LogP contribution in [0.1, 0.15) is 44.5 Å². The molecule has 0 radical (unpaired) electrons. The Morgan fingerprint density at radius 3 is 0.841 bits per heavy atom. The molecular formula is C134H88N4. The predicted octanol–water partition coefficient (Wildman–Crippen LogP) is 34.5. The van der Waals surface area contributed by atoms with Crippen LogP contribution in [0.25, 0.3) is 199 Å². The van der Waals surface area contributed by atoms with Crippen molar-refractivity contribution in [1.29, 1.82) is 0 Å². The van der Waals surface area contributed by atoms with E-state index < -0.39 is 10.8 Å². The van der Waals surface area contributed by atoms with Crippen LogP contribution in [0.5, 0.6) is 0 Å². The number of hydrogen-bond donors (Lipinski definition) is 0. The molecule has 0 atom stereocenters. The first-order chi connectivity index (χ1) is 68.5. The van der Waals surface area contributed by atoms with Crippen LogP contribution in [-0.2, 0) is 10.8 Å². The Bertz CT molecular complexity index is 9170. The number of rotatable bonds is 14. The van der Waals surface area contributed by atoms with Gasteiger partial charge in [-0.25, -0.2) is 0 Å². The third-order valence-electron chi connectivity index (χ3n) is 29.6. The molecule has 2 aliphatic carbocycles. The Hall–Kier alpha value is -18.0. The lowest BCUT2D eigenvalue weighted by molar-refractivity contribution is 0.772. The Morgan fingerprint density at radius 1 is 0.138 bits per heavy atom. The van der Waals surface area contributed by atoms with Crippen molar-refractivity contribution in [2.24, 2.45) is 0 Å². The van der Waals surface area contributed by atoms with E-state index in [1.807, 2.05) is 0 Å². The van der Waals surface area contributed by atoms with Crippen LogP contribution in [0, 0.1) is 0 Å². The molecule has 4 nitrogen and oxygen atoms in total. The van der Waals surface area contributed by atoms with Crippen LogP contribution in [0.3, 0.4) is 0 Å². The summed E-state index contributed by atoms with van der Waals surface area (Å²) in [4.78, 5) is 0.